The molecule has 0 bridgehead atoms. The van der Waals surface area contributed by atoms with Crippen molar-refractivity contribution in [2.24, 2.45) is 0 Å². The predicted molar refractivity (Wildman–Crippen MR) is 124 cm³/mol. The molecule has 0 aliphatic carbocycles. The van der Waals surface area contributed by atoms with E-state index in [-0.39, 0.29) is 6.54 Å². The summed E-state index contributed by atoms with van der Waals surface area (Å²) < 4.78 is 0. The van der Waals surface area contributed by atoms with Crippen molar-refractivity contribution in [3.05, 3.63) is 35.9 Å². The van der Waals surface area contributed by atoms with Crippen LogP contribution < -0.4 is 5.32 Å². The third-order valence-corrected chi connectivity index (χ3v) is 5.78. The standard InChI is InChI=1S/C25H42N2O3/c1-2-3-4-5-6-7-8-9-10-14-19-25(30,22-16-12-11-13-17-22)20-15-18-23(26)21-27-24(28)29/h11-13,16-17,26-27,30H,2-10,14-15,18-21H2,1H3,(H,28,29). The van der Waals surface area contributed by atoms with E-state index >= 15 is 0 Å². The molecular weight excluding hydrogens is 376 g/mol. The molecule has 1 aromatic rings. The minimum atomic E-state index is -1.11. The molecule has 5 nitrogen and oxygen atoms in total. The molecule has 5 heteroatoms. The summed E-state index contributed by atoms with van der Waals surface area (Å²) in [6.45, 7) is 2.30. The highest BCUT2D eigenvalue weighted by atomic mass is 16.4. The fourth-order valence-corrected chi connectivity index (χ4v) is 3.93. The van der Waals surface area contributed by atoms with E-state index in [0.29, 0.717) is 25.0 Å². The van der Waals surface area contributed by atoms with Crippen molar-refractivity contribution in [2.75, 3.05) is 6.54 Å². The van der Waals surface area contributed by atoms with Gasteiger partial charge in [-0.25, -0.2) is 4.79 Å². The number of carbonyl (C=O) groups is 1. The Morgan fingerprint density at radius 2 is 1.43 bits per heavy atom. The molecule has 170 valence electrons. The van der Waals surface area contributed by atoms with E-state index in [9.17, 15) is 9.90 Å². The van der Waals surface area contributed by atoms with Crippen LogP contribution in [0.4, 0.5) is 4.79 Å². The van der Waals surface area contributed by atoms with Crippen LogP contribution in [0.3, 0.4) is 0 Å². The molecular formula is C25H42N2O3. The van der Waals surface area contributed by atoms with Crippen molar-refractivity contribution in [3.8, 4) is 0 Å². The van der Waals surface area contributed by atoms with Gasteiger partial charge in [-0.05, 0) is 31.2 Å². The second kappa shape index (κ2) is 15.9. The molecule has 1 amide bonds. The van der Waals surface area contributed by atoms with Gasteiger partial charge in [0.2, 0.25) is 0 Å². The molecule has 0 radical (unpaired) electrons. The molecule has 0 aliphatic rings. The van der Waals surface area contributed by atoms with Crippen molar-refractivity contribution < 1.29 is 15.0 Å². The summed E-state index contributed by atoms with van der Waals surface area (Å²) in [5.74, 6) is 0. The van der Waals surface area contributed by atoms with Crippen molar-refractivity contribution in [2.45, 2.75) is 102 Å². The van der Waals surface area contributed by atoms with Crippen LogP contribution in [-0.2, 0) is 5.60 Å². The lowest BCUT2D eigenvalue weighted by atomic mass is 9.83. The van der Waals surface area contributed by atoms with Crippen LogP contribution in [0.25, 0.3) is 0 Å². The van der Waals surface area contributed by atoms with Crippen LogP contribution in [-0.4, -0.2) is 28.6 Å². The number of unbranched alkanes of at least 4 members (excludes halogenated alkanes) is 9. The van der Waals surface area contributed by atoms with E-state index in [4.69, 9.17) is 10.5 Å². The monoisotopic (exact) mass is 418 g/mol. The molecule has 0 heterocycles. The summed E-state index contributed by atoms with van der Waals surface area (Å²) in [6.07, 6.45) is 14.1. The number of nitrogens with one attached hydrogen (secondary N) is 2. The smallest absolute Gasteiger partial charge is 0.404 e. The molecule has 30 heavy (non-hydrogen) atoms. The molecule has 0 saturated carbocycles. The van der Waals surface area contributed by atoms with Gasteiger partial charge in [0.1, 0.15) is 0 Å². The first-order chi connectivity index (χ1) is 14.5. The Labute approximate surface area is 182 Å². The fourth-order valence-electron chi connectivity index (χ4n) is 3.93. The summed E-state index contributed by atoms with van der Waals surface area (Å²) in [5, 5.41) is 30.1. The Bertz CT molecular complexity index is 591. The molecule has 0 aromatic heterocycles. The van der Waals surface area contributed by atoms with Gasteiger partial charge in [-0.15, -0.1) is 0 Å². The van der Waals surface area contributed by atoms with Gasteiger partial charge in [0.25, 0.3) is 0 Å². The third-order valence-electron chi connectivity index (χ3n) is 5.78. The highest BCUT2D eigenvalue weighted by molar-refractivity contribution is 5.85. The minimum absolute atomic E-state index is 0.0531. The van der Waals surface area contributed by atoms with Crippen molar-refractivity contribution in [1.29, 1.82) is 5.41 Å². The zero-order valence-corrected chi connectivity index (χ0v) is 18.8. The average molecular weight is 419 g/mol. The van der Waals surface area contributed by atoms with E-state index in [1.54, 1.807) is 0 Å². The SMILES string of the molecule is CCCCCCCCCCCCC(O)(CCCC(=N)CNC(=O)O)c1ccccc1. The number of hydrogen-bond acceptors (Lipinski definition) is 3. The fraction of sp³-hybridized carbons (Fsp3) is 0.680. The van der Waals surface area contributed by atoms with Gasteiger partial charge in [0.05, 0.1) is 12.1 Å². The molecule has 0 spiro atoms. The molecule has 1 unspecified atom stereocenters. The summed E-state index contributed by atoms with van der Waals surface area (Å²) in [5.41, 5.74) is 0.421. The minimum Gasteiger partial charge on any atom is -0.465 e. The summed E-state index contributed by atoms with van der Waals surface area (Å²) in [4.78, 5) is 10.5. The second-order valence-corrected chi connectivity index (χ2v) is 8.45. The first-order valence-electron chi connectivity index (χ1n) is 11.8. The maximum atomic E-state index is 11.4. The number of rotatable bonds is 18. The van der Waals surface area contributed by atoms with Gasteiger partial charge >= 0.3 is 6.09 Å². The van der Waals surface area contributed by atoms with E-state index in [2.05, 4.69) is 12.2 Å². The number of benzene rings is 1. The van der Waals surface area contributed by atoms with Crippen LogP contribution >= 0.6 is 0 Å². The van der Waals surface area contributed by atoms with E-state index in [0.717, 1.165) is 24.8 Å². The Hall–Kier alpha value is -1.88. The molecule has 1 aromatic carbocycles. The van der Waals surface area contributed by atoms with E-state index in [1.165, 1.54) is 51.4 Å². The number of hydrogen-bond donors (Lipinski definition) is 4. The Balaban J connectivity index is 2.36. The lowest BCUT2D eigenvalue weighted by molar-refractivity contribution is 0.0143. The predicted octanol–water partition coefficient (Wildman–Crippen LogP) is 6.64. The maximum absolute atomic E-state index is 11.4. The highest BCUT2D eigenvalue weighted by Gasteiger charge is 2.28. The summed E-state index contributed by atoms with van der Waals surface area (Å²) in [7, 11) is 0. The summed E-state index contributed by atoms with van der Waals surface area (Å²) in [6, 6.07) is 9.83. The van der Waals surface area contributed by atoms with Crippen molar-refractivity contribution in [1.82, 2.24) is 5.32 Å². The second-order valence-electron chi connectivity index (χ2n) is 8.45. The molecule has 1 rings (SSSR count). The lowest BCUT2D eigenvalue weighted by Gasteiger charge is -2.29. The maximum Gasteiger partial charge on any atom is 0.404 e. The molecule has 1 atom stereocenters. The van der Waals surface area contributed by atoms with Crippen molar-refractivity contribution in [3.63, 3.8) is 0 Å². The lowest BCUT2D eigenvalue weighted by Crippen LogP contribution is -2.29. The Kier molecular flexibility index (Phi) is 13.9. The normalized spacial score (nSPS) is 13.0. The number of aliphatic hydroxyl groups is 1. The van der Waals surface area contributed by atoms with E-state index in [1.807, 2.05) is 30.3 Å². The van der Waals surface area contributed by atoms with Gasteiger partial charge < -0.3 is 20.9 Å². The zero-order valence-electron chi connectivity index (χ0n) is 18.8. The third kappa shape index (κ3) is 12.0. The van der Waals surface area contributed by atoms with Crippen LogP contribution in [0.1, 0.15) is 102 Å². The van der Waals surface area contributed by atoms with Crippen LogP contribution in [0.15, 0.2) is 30.3 Å². The van der Waals surface area contributed by atoms with Gasteiger partial charge in [0.15, 0.2) is 0 Å². The van der Waals surface area contributed by atoms with Gasteiger partial charge in [-0.2, -0.15) is 0 Å². The highest BCUT2D eigenvalue weighted by Crippen LogP contribution is 2.33. The average Bonchev–Trinajstić information content (AvgIpc) is 2.74. The van der Waals surface area contributed by atoms with Crippen molar-refractivity contribution >= 4 is 11.8 Å². The van der Waals surface area contributed by atoms with Gasteiger partial charge in [-0.1, -0.05) is 101 Å². The number of carboxylic acid groups (broad SMARTS) is 1. The van der Waals surface area contributed by atoms with Crippen LogP contribution in [0, 0.1) is 5.41 Å². The molecule has 4 N–H and O–H groups in total. The quantitative estimate of drug-likeness (QED) is 0.159. The van der Waals surface area contributed by atoms with Gasteiger partial charge in [-0.3, -0.25) is 0 Å². The van der Waals surface area contributed by atoms with Gasteiger partial charge in [0, 0.05) is 5.71 Å². The Morgan fingerprint density at radius 1 is 0.900 bits per heavy atom. The molecule has 0 fully saturated rings. The first-order valence-corrected chi connectivity index (χ1v) is 11.8. The van der Waals surface area contributed by atoms with Crippen LogP contribution in [0.5, 0.6) is 0 Å². The summed E-state index contributed by atoms with van der Waals surface area (Å²) >= 11 is 0. The Morgan fingerprint density at radius 3 is 2.00 bits per heavy atom. The zero-order chi connectivity index (χ0) is 22.1. The van der Waals surface area contributed by atoms with E-state index < -0.39 is 11.7 Å². The topological polar surface area (TPSA) is 93.4 Å². The molecule has 0 aliphatic heterocycles. The molecule has 0 saturated heterocycles. The largest absolute Gasteiger partial charge is 0.465 e. The number of amides is 1. The first kappa shape index (κ1) is 26.2. The van der Waals surface area contributed by atoms with Crippen LogP contribution in [0.2, 0.25) is 0 Å².